The van der Waals surface area contributed by atoms with Gasteiger partial charge in [-0.05, 0) is 38.3 Å². The minimum atomic E-state index is -0.186. The molecule has 0 spiro atoms. The number of rotatable bonds is 4. The number of nitrogens with zero attached hydrogens (tertiary/aromatic N) is 7. The van der Waals surface area contributed by atoms with Crippen LogP contribution in [0.2, 0.25) is 0 Å². The fraction of sp³-hybridized carbons (Fsp3) is 0.458. The van der Waals surface area contributed by atoms with Crippen LogP contribution in [0.3, 0.4) is 0 Å². The van der Waals surface area contributed by atoms with Gasteiger partial charge in [-0.1, -0.05) is 12.1 Å². The Labute approximate surface area is 192 Å². The maximum Gasteiger partial charge on any atom is 0.261 e. The topological polar surface area (TPSA) is 87.5 Å². The summed E-state index contributed by atoms with van der Waals surface area (Å²) >= 11 is 0. The van der Waals surface area contributed by atoms with Crippen molar-refractivity contribution in [2.75, 3.05) is 49.1 Å². The number of hydrogen-bond acceptors (Lipinski definition) is 7. The van der Waals surface area contributed by atoms with Crippen molar-refractivity contribution < 1.29 is 4.79 Å². The number of carbonyl (C=O) groups excluding carboxylic acids is 1. The monoisotopic (exact) mass is 447 g/mol. The minimum absolute atomic E-state index is 0.00237. The van der Waals surface area contributed by atoms with Crippen molar-refractivity contribution in [2.45, 2.75) is 32.7 Å². The standard InChI is InChI=1S/C24H29N7O2/c1-18-15-21(27-24(26-18)30-9-5-2-6-10-30)28-11-13-29(14-12-28)22(32)16-31-17-25-20-8-4-3-7-19(20)23(31)33/h3-4,7-8,15,17H,2,5-6,9-14,16H2,1H3. The Kier molecular flexibility index (Phi) is 5.93. The number of piperidine rings is 1. The molecule has 33 heavy (non-hydrogen) atoms. The lowest BCUT2D eigenvalue weighted by Crippen LogP contribution is -2.50. The smallest absolute Gasteiger partial charge is 0.261 e. The lowest BCUT2D eigenvalue weighted by molar-refractivity contribution is -0.132. The summed E-state index contributed by atoms with van der Waals surface area (Å²) in [6.45, 7) is 6.62. The summed E-state index contributed by atoms with van der Waals surface area (Å²) in [6.07, 6.45) is 5.10. The third-order valence-electron chi connectivity index (χ3n) is 6.46. The van der Waals surface area contributed by atoms with E-state index in [4.69, 9.17) is 4.98 Å². The Bertz CT molecular complexity index is 1210. The van der Waals surface area contributed by atoms with Crippen molar-refractivity contribution in [3.8, 4) is 0 Å². The Morgan fingerprint density at radius 2 is 1.70 bits per heavy atom. The average Bonchev–Trinajstić information content (AvgIpc) is 2.86. The Hall–Kier alpha value is -3.49. The van der Waals surface area contributed by atoms with Gasteiger partial charge in [-0.2, -0.15) is 4.98 Å². The maximum absolute atomic E-state index is 12.9. The Morgan fingerprint density at radius 1 is 0.939 bits per heavy atom. The van der Waals surface area contributed by atoms with Crippen LogP contribution in [0.4, 0.5) is 11.8 Å². The second-order valence-electron chi connectivity index (χ2n) is 8.78. The van der Waals surface area contributed by atoms with E-state index in [1.54, 1.807) is 12.1 Å². The van der Waals surface area contributed by atoms with Crippen LogP contribution >= 0.6 is 0 Å². The Morgan fingerprint density at radius 3 is 2.48 bits per heavy atom. The van der Waals surface area contributed by atoms with Crippen molar-refractivity contribution in [3.63, 3.8) is 0 Å². The van der Waals surface area contributed by atoms with E-state index in [1.165, 1.54) is 30.2 Å². The van der Waals surface area contributed by atoms with E-state index in [2.05, 4.69) is 19.8 Å². The zero-order valence-corrected chi connectivity index (χ0v) is 19.0. The van der Waals surface area contributed by atoms with E-state index < -0.39 is 0 Å². The number of aromatic nitrogens is 4. The molecule has 3 aromatic rings. The summed E-state index contributed by atoms with van der Waals surface area (Å²) in [4.78, 5) is 45.7. The third kappa shape index (κ3) is 4.53. The molecule has 172 valence electrons. The molecular formula is C24H29N7O2. The molecule has 2 saturated heterocycles. The fourth-order valence-corrected chi connectivity index (χ4v) is 4.58. The number of amides is 1. The number of fused-ring (bicyclic) bond motifs is 1. The number of piperazine rings is 1. The van der Waals surface area contributed by atoms with E-state index in [0.29, 0.717) is 37.1 Å². The largest absolute Gasteiger partial charge is 0.353 e. The van der Waals surface area contributed by atoms with Crippen molar-refractivity contribution in [2.24, 2.45) is 0 Å². The second kappa shape index (κ2) is 9.17. The van der Waals surface area contributed by atoms with Crippen LogP contribution in [0.15, 0.2) is 41.5 Å². The second-order valence-corrected chi connectivity index (χ2v) is 8.78. The predicted octanol–water partition coefficient (Wildman–Crippen LogP) is 1.83. The molecule has 9 nitrogen and oxygen atoms in total. The van der Waals surface area contributed by atoms with Gasteiger partial charge < -0.3 is 14.7 Å². The van der Waals surface area contributed by atoms with Gasteiger partial charge in [-0.15, -0.1) is 0 Å². The molecule has 0 aliphatic carbocycles. The van der Waals surface area contributed by atoms with Gasteiger partial charge >= 0.3 is 0 Å². The van der Waals surface area contributed by atoms with Crippen LogP contribution < -0.4 is 15.4 Å². The predicted molar refractivity (Wildman–Crippen MR) is 128 cm³/mol. The summed E-state index contributed by atoms with van der Waals surface area (Å²) in [5.74, 6) is 1.67. The molecule has 0 unspecified atom stereocenters. The van der Waals surface area contributed by atoms with Gasteiger partial charge in [0.25, 0.3) is 5.56 Å². The first-order valence-electron chi connectivity index (χ1n) is 11.7. The van der Waals surface area contributed by atoms with Crippen molar-refractivity contribution in [1.82, 2.24) is 24.4 Å². The van der Waals surface area contributed by atoms with Gasteiger partial charge in [-0.25, -0.2) is 9.97 Å². The molecule has 0 N–H and O–H groups in total. The molecule has 5 rings (SSSR count). The summed E-state index contributed by atoms with van der Waals surface area (Å²) in [5, 5.41) is 0.529. The molecule has 1 amide bonds. The first-order valence-corrected chi connectivity index (χ1v) is 11.7. The minimum Gasteiger partial charge on any atom is -0.353 e. The van der Waals surface area contributed by atoms with E-state index in [-0.39, 0.29) is 18.0 Å². The van der Waals surface area contributed by atoms with Gasteiger partial charge in [0.2, 0.25) is 11.9 Å². The maximum atomic E-state index is 12.9. The molecule has 2 fully saturated rings. The molecule has 0 radical (unpaired) electrons. The number of carbonyl (C=O) groups is 1. The number of hydrogen-bond donors (Lipinski definition) is 0. The van der Waals surface area contributed by atoms with Crippen LogP contribution in [0.1, 0.15) is 25.0 Å². The van der Waals surface area contributed by atoms with E-state index in [0.717, 1.165) is 30.5 Å². The molecule has 9 heteroatoms. The highest BCUT2D eigenvalue weighted by Crippen LogP contribution is 2.21. The molecule has 1 aromatic carbocycles. The van der Waals surface area contributed by atoms with Crippen molar-refractivity contribution in [1.29, 1.82) is 0 Å². The zero-order chi connectivity index (χ0) is 22.8. The summed E-state index contributed by atoms with van der Waals surface area (Å²) < 4.78 is 1.40. The lowest BCUT2D eigenvalue weighted by Gasteiger charge is -2.36. The summed E-state index contributed by atoms with van der Waals surface area (Å²) in [6, 6.07) is 9.21. The van der Waals surface area contributed by atoms with E-state index >= 15 is 0 Å². The lowest BCUT2D eigenvalue weighted by atomic mass is 10.1. The number of benzene rings is 1. The number of para-hydroxylation sites is 1. The highest BCUT2D eigenvalue weighted by atomic mass is 16.2. The molecule has 0 atom stereocenters. The SMILES string of the molecule is Cc1cc(N2CCN(C(=O)Cn3cnc4ccccc4c3=O)CC2)nc(N2CCCCC2)n1. The molecule has 2 aliphatic heterocycles. The zero-order valence-electron chi connectivity index (χ0n) is 19.0. The summed E-state index contributed by atoms with van der Waals surface area (Å²) in [5.41, 5.74) is 1.42. The van der Waals surface area contributed by atoms with Crippen LogP contribution in [0.5, 0.6) is 0 Å². The first kappa shape index (κ1) is 21.4. The molecular weight excluding hydrogens is 418 g/mol. The van der Waals surface area contributed by atoms with E-state index in [9.17, 15) is 9.59 Å². The average molecular weight is 448 g/mol. The first-order chi connectivity index (χ1) is 16.1. The van der Waals surface area contributed by atoms with Gasteiger partial charge in [-0.3, -0.25) is 14.2 Å². The molecule has 2 aromatic heterocycles. The van der Waals surface area contributed by atoms with Gasteiger partial charge in [0.1, 0.15) is 12.4 Å². The van der Waals surface area contributed by atoms with Gasteiger partial charge in [0, 0.05) is 51.0 Å². The van der Waals surface area contributed by atoms with E-state index in [1.807, 2.05) is 30.0 Å². The quantitative estimate of drug-likeness (QED) is 0.603. The van der Waals surface area contributed by atoms with Crippen LogP contribution in [-0.4, -0.2) is 69.6 Å². The van der Waals surface area contributed by atoms with Crippen LogP contribution in [-0.2, 0) is 11.3 Å². The number of aryl methyl sites for hydroxylation is 1. The van der Waals surface area contributed by atoms with Gasteiger partial charge in [0.15, 0.2) is 0 Å². The van der Waals surface area contributed by atoms with Crippen molar-refractivity contribution >= 4 is 28.6 Å². The number of anilines is 2. The molecule has 2 aliphatic rings. The normalized spacial score (nSPS) is 16.9. The third-order valence-corrected chi connectivity index (χ3v) is 6.46. The highest BCUT2D eigenvalue weighted by Gasteiger charge is 2.24. The van der Waals surface area contributed by atoms with Crippen molar-refractivity contribution in [3.05, 3.63) is 52.7 Å². The Balaban J connectivity index is 1.24. The van der Waals surface area contributed by atoms with Gasteiger partial charge in [0.05, 0.1) is 17.2 Å². The summed E-state index contributed by atoms with van der Waals surface area (Å²) in [7, 11) is 0. The molecule has 0 saturated carbocycles. The van der Waals surface area contributed by atoms with Crippen LogP contribution in [0, 0.1) is 6.92 Å². The highest BCUT2D eigenvalue weighted by molar-refractivity contribution is 5.79. The van der Waals surface area contributed by atoms with Crippen LogP contribution in [0.25, 0.3) is 10.9 Å². The fourth-order valence-electron chi connectivity index (χ4n) is 4.58. The molecule has 4 heterocycles. The molecule has 0 bridgehead atoms.